The van der Waals surface area contributed by atoms with Gasteiger partial charge in [0, 0.05) is 13.1 Å². The number of ether oxygens (including phenoxy) is 1. The number of halogens is 5. The number of aliphatic hydroxyl groups is 1. The van der Waals surface area contributed by atoms with Crippen LogP contribution < -0.4 is 10.1 Å². The van der Waals surface area contributed by atoms with Gasteiger partial charge in [-0.05, 0) is 12.1 Å². The molecule has 0 fully saturated rings. The van der Waals surface area contributed by atoms with Crippen LogP contribution in [0, 0.1) is 0 Å². The van der Waals surface area contributed by atoms with Gasteiger partial charge in [-0.2, -0.15) is 13.2 Å². The van der Waals surface area contributed by atoms with Crippen molar-refractivity contribution in [2.24, 2.45) is 0 Å². The van der Waals surface area contributed by atoms with Crippen molar-refractivity contribution >= 4 is 23.2 Å². The fourth-order valence-electron chi connectivity index (χ4n) is 1.36. The molecule has 2 N–H and O–H groups in total. The van der Waals surface area contributed by atoms with Gasteiger partial charge in [-0.25, -0.2) is 0 Å². The van der Waals surface area contributed by atoms with Gasteiger partial charge in [-0.1, -0.05) is 29.3 Å². The zero-order valence-electron chi connectivity index (χ0n) is 10.4. The van der Waals surface area contributed by atoms with Crippen molar-refractivity contribution in [3.63, 3.8) is 0 Å². The van der Waals surface area contributed by atoms with Gasteiger partial charge in [-0.3, -0.25) is 0 Å². The third-order valence-corrected chi connectivity index (χ3v) is 2.90. The van der Waals surface area contributed by atoms with Crippen LogP contribution >= 0.6 is 23.2 Å². The molecule has 0 heterocycles. The molecule has 1 aromatic rings. The van der Waals surface area contributed by atoms with Gasteiger partial charge >= 0.3 is 6.18 Å². The SMILES string of the molecule is OC(CNCCC(F)(F)F)COc1c(Cl)cccc1Cl. The molecular formula is C12H14Cl2F3NO2. The summed E-state index contributed by atoms with van der Waals surface area (Å²) in [5.74, 6) is 0.241. The van der Waals surface area contributed by atoms with Gasteiger partial charge in [0.2, 0.25) is 0 Å². The Morgan fingerprint density at radius 2 is 1.85 bits per heavy atom. The lowest BCUT2D eigenvalue weighted by Gasteiger charge is -2.15. The third kappa shape index (κ3) is 6.65. The summed E-state index contributed by atoms with van der Waals surface area (Å²) in [6, 6.07) is 4.81. The minimum atomic E-state index is -4.21. The first-order valence-electron chi connectivity index (χ1n) is 5.82. The average Bonchev–Trinajstić information content (AvgIpc) is 2.33. The van der Waals surface area contributed by atoms with E-state index in [1.807, 2.05) is 0 Å². The predicted molar refractivity (Wildman–Crippen MR) is 71.5 cm³/mol. The standard InChI is InChI=1S/C12H14Cl2F3NO2/c13-9-2-1-3-10(14)11(9)20-7-8(19)6-18-5-4-12(15,16)17/h1-3,8,18-19H,4-7H2. The molecule has 8 heteroatoms. The van der Waals surface area contributed by atoms with Gasteiger partial charge in [0.1, 0.15) is 12.7 Å². The summed E-state index contributed by atoms with van der Waals surface area (Å²) in [7, 11) is 0. The second-order valence-electron chi connectivity index (χ2n) is 4.08. The topological polar surface area (TPSA) is 41.5 Å². The molecule has 1 aromatic carbocycles. The number of rotatable bonds is 7. The predicted octanol–water partition coefficient (Wildman–Crippen LogP) is 3.28. The molecule has 20 heavy (non-hydrogen) atoms. The summed E-state index contributed by atoms with van der Waals surface area (Å²) in [5.41, 5.74) is 0. The fraction of sp³-hybridized carbons (Fsp3) is 0.500. The first-order valence-corrected chi connectivity index (χ1v) is 6.57. The Labute approximate surface area is 124 Å². The lowest BCUT2D eigenvalue weighted by molar-refractivity contribution is -0.133. The van der Waals surface area contributed by atoms with Crippen LogP contribution in [-0.4, -0.2) is 37.1 Å². The highest BCUT2D eigenvalue weighted by Gasteiger charge is 2.26. The lowest BCUT2D eigenvalue weighted by atomic mass is 10.3. The van der Waals surface area contributed by atoms with Crippen LogP contribution in [-0.2, 0) is 0 Å². The quantitative estimate of drug-likeness (QED) is 0.753. The Morgan fingerprint density at radius 3 is 2.40 bits per heavy atom. The van der Waals surface area contributed by atoms with Gasteiger partial charge in [-0.15, -0.1) is 0 Å². The van der Waals surface area contributed by atoms with E-state index in [0.29, 0.717) is 10.0 Å². The number of aliphatic hydroxyl groups excluding tert-OH is 1. The molecule has 0 amide bonds. The minimum Gasteiger partial charge on any atom is -0.488 e. The van der Waals surface area contributed by atoms with Crippen LogP contribution in [0.15, 0.2) is 18.2 Å². The molecule has 1 atom stereocenters. The second kappa shape index (κ2) is 7.93. The lowest BCUT2D eigenvalue weighted by Crippen LogP contribution is -2.33. The van der Waals surface area contributed by atoms with Crippen LogP contribution in [0.2, 0.25) is 10.0 Å². The summed E-state index contributed by atoms with van der Waals surface area (Å²) in [6.07, 6.45) is -6.12. The van der Waals surface area contributed by atoms with Crippen molar-refractivity contribution in [2.75, 3.05) is 19.7 Å². The number of alkyl halides is 3. The first kappa shape index (κ1) is 17.4. The largest absolute Gasteiger partial charge is 0.488 e. The Bertz CT molecular complexity index is 409. The molecule has 0 aromatic heterocycles. The molecule has 0 bridgehead atoms. The maximum Gasteiger partial charge on any atom is 0.390 e. The molecule has 1 unspecified atom stereocenters. The van der Waals surface area contributed by atoms with Crippen molar-refractivity contribution < 1.29 is 23.0 Å². The van der Waals surface area contributed by atoms with Crippen LogP contribution in [0.25, 0.3) is 0 Å². The molecular weight excluding hydrogens is 318 g/mol. The molecule has 0 spiro atoms. The van der Waals surface area contributed by atoms with Crippen LogP contribution in [0.4, 0.5) is 13.2 Å². The van der Waals surface area contributed by atoms with Crippen LogP contribution in [0.1, 0.15) is 6.42 Å². The van der Waals surface area contributed by atoms with Crippen molar-refractivity contribution in [2.45, 2.75) is 18.7 Å². The number of benzene rings is 1. The number of para-hydroxylation sites is 1. The van der Waals surface area contributed by atoms with E-state index in [9.17, 15) is 18.3 Å². The van der Waals surface area contributed by atoms with Crippen molar-refractivity contribution in [1.82, 2.24) is 5.32 Å². The van der Waals surface area contributed by atoms with E-state index in [0.717, 1.165) is 0 Å². The van der Waals surface area contributed by atoms with E-state index in [2.05, 4.69) is 5.32 Å². The van der Waals surface area contributed by atoms with Gasteiger partial charge < -0.3 is 15.2 Å². The summed E-state index contributed by atoms with van der Waals surface area (Å²) < 4.78 is 40.9. The molecule has 114 valence electrons. The van der Waals surface area contributed by atoms with Gasteiger partial charge in [0.15, 0.2) is 5.75 Å². The van der Waals surface area contributed by atoms with E-state index in [4.69, 9.17) is 27.9 Å². The Balaban J connectivity index is 2.28. The molecule has 0 radical (unpaired) electrons. The third-order valence-electron chi connectivity index (χ3n) is 2.30. The summed E-state index contributed by atoms with van der Waals surface area (Å²) in [6.45, 7) is -0.395. The Morgan fingerprint density at radius 1 is 1.25 bits per heavy atom. The van der Waals surface area contributed by atoms with E-state index in [-0.39, 0.29) is 25.4 Å². The summed E-state index contributed by atoms with van der Waals surface area (Å²) >= 11 is 11.7. The average molecular weight is 332 g/mol. The molecule has 3 nitrogen and oxygen atoms in total. The summed E-state index contributed by atoms with van der Waals surface area (Å²) in [5, 5.41) is 12.7. The van der Waals surface area contributed by atoms with Crippen molar-refractivity contribution in [3.05, 3.63) is 28.2 Å². The van der Waals surface area contributed by atoms with E-state index >= 15 is 0 Å². The normalized spacial score (nSPS) is 13.3. The zero-order valence-corrected chi connectivity index (χ0v) is 11.9. The highest BCUT2D eigenvalue weighted by molar-refractivity contribution is 6.37. The molecule has 0 aliphatic carbocycles. The van der Waals surface area contributed by atoms with E-state index in [1.54, 1.807) is 18.2 Å². The molecule has 0 aliphatic heterocycles. The van der Waals surface area contributed by atoms with Crippen LogP contribution in [0.5, 0.6) is 5.75 Å². The molecule has 0 aliphatic rings. The van der Waals surface area contributed by atoms with Gasteiger partial charge in [0.05, 0.1) is 16.5 Å². The minimum absolute atomic E-state index is 0.0157. The molecule has 0 saturated heterocycles. The van der Waals surface area contributed by atoms with Crippen LogP contribution in [0.3, 0.4) is 0 Å². The Kier molecular flexibility index (Phi) is 6.88. The first-order chi connectivity index (χ1) is 9.29. The Hall–Kier alpha value is -0.690. The summed E-state index contributed by atoms with van der Waals surface area (Å²) in [4.78, 5) is 0. The van der Waals surface area contributed by atoms with Crippen molar-refractivity contribution in [3.8, 4) is 5.75 Å². The maximum absolute atomic E-state index is 11.9. The second-order valence-corrected chi connectivity index (χ2v) is 4.90. The zero-order chi connectivity index (χ0) is 15.2. The van der Waals surface area contributed by atoms with Gasteiger partial charge in [0.25, 0.3) is 0 Å². The monoisotopic (exact) mass is 331 g/mol. The molecule has 0 saturated carbocycles. The highest BCUT2D eigenvalue weighted by Crippen LogP contribution is 2.32. The van der Waals surface area contributed by atoms with E-state index in [1.165, 1.54) is 0 Å². The smallest absolute Gasteiger partial charge is 0.390 e. The van der Waals surface area contributed by atoms with E-state index < -0.39 is 18.7 Å². The van der Waals surface area contributed by atoms with Crippen molar-refractivity contribution in [1.29, 1.82) is 0 Å². The maximum atomic E-state index is 11.9. The number of hydrogen-bond acceptors (Lipinski definition) is 3. The highest BCUT2D eigenvalue weighted by atomic mass is 35.5. The number of hydrogen-bond donors (Lipinski definition) is 2. The molecule has 1 rings (SSSR count). The fourth-order valence-corrected chi connectivity index (χ4v) is 1.86. The number of nitrogens with one attached hydrogen (secondary N) is 1.